The highest BCUT2D eigenvalue weighted by molar-refractivity contribution is 5.39. The van der Waals surface area contributed by atoms with Crippen molar-refractivity contribution < 1.29 is 4.74 Å². The fraction of sp³-hybridized carbons (Fsp3) is 0.438. The highest BCUT2D eigenvalue weighted by atomic mass is 16.5. The van der Waals surface area contributed by atoms with E-state index in [0.29, 0.717) is 11.8 Å². The van der Waals surface area contributed by atoms with Crippen LogP contribution in [0.1, 0.15) is 30.3 Å². The zero-order chi connectivity index (χ0) is 16.5. The van der Waals surface area contributed by atoms with Crippen LogP contribution < -0.4 is 9.64 Å². The zero-order valence-electron chi connectivity index (χ0n) is 13.8. The van der Waals surface area contributed by atoms with Crippen LogP contribution in [-0.4, -0.2) is 50.0 Å². The summed E-state index contributed by atoms with van der Waals surface area (Å²) < 4.78 is 7.00. The van der Waals surface area contributed by atoms with Crippen molar-refractivity contribution in [1.82, 2.24) is 29.8 Å². The monoisotopic (exact) mass is 325 g/mol. The predicted octanol–water partition coefficient (Wildman–Crippen LogP) is 1.62. The number of hydrogen-bond donors (Lipinski definition) is 0. The largest absolute Gasteiger partial charge is 0.480 e. The van der Waals surface area contributed by atoms with Crippen LogP contribution >= 0.6 is 0 Å². The number of aryl methyl sites for hydroxylation is 1. The number of aromatic nitrogens is 6. The van der Waals surface area contributed by atoms with E-state index in [2.05, 4.69) is 30.2 Å². The van der Waals surface area contributed by atoms with Crippen molar-refractivity contribution in [2.75, 3.05) is 25.1 Å². The van der Waals surface area contributed by atoms with E-state index in [1.54, 1.807) is 17.7 Å². The molecule has 1 aliphatic heterocycles. The molecule has 4 heterocycles. The first-order valence-corrected chi connectivity index (χ1v) is 8.04. The lowest BCUT2D eigenvalue weighted by Gasteiger charge is -2.31. The third-order valence-electron chi connectivity index (χ3n) is 4.42. The SMILES string of the molecule is COc1ccc2nnc(C3CCN(c4cnc(C)cn4)CC3)n2n1. The maximum atomic E-state index is 5.21. The summed E-state index contributed by atoms with van der Waals surface area (Å²) in [5.74, 6) is 2.73. The van der Waals surface area contributed by atoms with Gasteiger partial charge in [-0.05, 0) is 25.8 Å². The molecule has 0 spiro atoms. The lowest BCUT2D eigenvalue weighted by Crippen LogP contribution is -2.34. The second-order valence-corrected chi connectivity index (χ2v) is 5.98. The molecule has 24 heavy (non-hydrogen) atoms. The van der Waals surface area contributed by atoms with Gasteiger partial charge in [0, 0.05) is 25.1 Å². The van der Waals surface area contributed by atoms with E-state index in [1.165, 1.54) is 0 Å². The molecule has 0 aliphatic carbocycles. The van der Waals surface area contributed by atoms with Gasteiger partial charge in [-0.1, -0.05) is 0 Å². The fourth-order valence-corrected chi connectivity index (χ4v) is 3.07. The van der Waals surface area contributed by atoms with Gasteiger partial charge < -0.3 is 9.64 Å². The van der Waals surface area contributed by atoms with Crippen LogP contribution in [0.15, 0.2) is 24.5 Å². The molecule has 8 heteroatoms. The van der Waals surface area contributed by atoms with Crippen molar-refractivity contribution in [3.8, 4) is 5.88 Å². The van der Waals surface area contributed by atoms with Gasteiger partial charge in [0.25, 0.3) is 0 Å². The lowest BCUT2D eigenvalue weighted by molar-refractivity contribution is 0.386. The van der Waals surface area contributed by atoms with E-state index >= 15 is 0 Å². The molecule has 0 atom stereocenters. The molecule has 124 valence electrons. The van der Waals surface area contributed by atoms with E-state index in [0.717, 1.165) is 48.9 Å². The van der Waals surface area contributed by atoms with Crippen molar-refractivity contribution >= 4 is 11.5 Å². The second kappa shape index (κ2) is 6.03. The zero-order valence-corrected chi connectivity index (χ0v) is 13.8. The Bertz CT molecular complexity index is 837. The molecule has 0 N–H and O–H groups in total. The van der Waals surface area contributed by atoms with Crippen molar-refractivity contribution in [3.63, 3.8) is 0 Å². The van der Waals surface area contributed by atoms with Gasteiger partial charge in [0.2, 0.25) is 5.88 Å². The molecule has 8 nitrogen and oxygen atoms in total. The van der Waals surface area contributed by atoms with Crippen LogP contribution in [0.4, 0.5) is 5.82 Å². The minimum atomic E-state index is 0.328. The Morgan fingerprint density at radius 2 is 1.92 bits per heavy atom. The van der Waals surface area contributed by atoms with E-state index in [1.807, 2.05) is 25.4 Å². The highest BCUT2D eigenvalue weighted by Gasteiger charge is 2.26. The van der Waals surface area contributed by atoms with Gasteiger partial charge in [0.1, 0.15) is 5.82 Å². The first kappa shape index (κ1) is 14.8. The number of ether oxygens (including phenoxy) is 1. The normalized spacial score (nSPS) is 15.8. The average molecular weight is 325 g/mol. The molecule has 0 saturated carbocycles. The number of hydrogen-bond acceptors (Lipinski definition) is 7. The molecule has 0 bridgehead atoms. The quantitative estimate of drug-likeness (QED) is 0.723. The van der Waals surface area contributed by atoms with Crippen LogP contribution in [0.3, 0.4) is 0 Å². The van der Waals surface area contributed by atoms with E-state index < -0.39 is 0 Å². The number of fused-ring (bicyclic) bond motifs is 1. The molecule has 0 aromatic carbocycles. The summed E-state index contributed by atoms with van der Waals surface area (Å²) >= 11 is 0. The molecular weight excluding hydrogens is 306 g/mol. The van der Waals surface area contributed by atoms with Crippen molar-refractivity contribution in [2.24, 2.45) is 0 Å². The smallest absolute Gasteiger partial charge is 0.231 e. The van der Waals surface area contributed by atoms with Crippen molar-refractivity contribution in [2.45, 2.75) is 25.7 Å². The Morgan fingerprint density at radius 3 is 2.62 bits per heavy atom. The van der Waals surface area contributed by atoms with Crippen molar-refractivity contribution in [3.05, 3.63) is 36.0 Å². The molecule has 0 amide bonds. The summed E-state index contributed by atoms with van der Waals surface area (Å²) in [7, 11) is 1.61. The third kappa shape index (κ3) is 2.64. The average Bonchev–Trinajstić information content (AvgIpc) is 3.05. The topological polar surface area (TPSA) is 81.3 Å². The highest BCUT2D eigenvalue weighted by Crippen LogP contribution is 2.28. The summed E-state index contributed by atoms with van der Waals surface area (Å²) in [5.41, 5.74) is 1.68. The van der Waals surface area contributed by atoms with Gasteiger partial charge in [-0.2, -0.15) is 4.52 Å². The minimum absolute atomic E-state index is 0.328. The molecule has 1 fully saturated rings. The molecule has 3 aromatic heterocycles. The number of rotatable bonds is 3. The number of nitrogens with zero attached hydrogens (tertiary/aromatic N) is 7. The van der Waals surface area contributed by atoms with E-state index in [9.17, 15) is 0 Å². The molecule has 1 aliphatic rings. The maximum absolute atomic E-state index is 5.21. The van der Waals surface area contributed by atoms with Crippen LogP contribution in [-0.2, 0) is 0 Å². The Morgan fingerprint density at radius 1 is 1.08 bits per heavy atom. The molecule has 4 rings (SSSR count). The summed E-state index contributed by atoms with van der Waals surface area (Å²) in [6.07, 6.45) is 5.61. The van der Waals surface area contributed by atoms with Crippen LogP contribution in [0, 0.1) is 6.92 Å². The maximum Gasteiger partial charge on any atom is 0.231 e. The minimum Gasteiger partial charge on any atom is -0.480 e. The van der Waals surface area contributed by atoms with Gasteiger partial charge in [-0.3, -0.25) is 4.98 Å². The molecular formula is C16H19N7O. The van der Waals surface area contributed by atoms with Gasteiger partial charge in [0.05, 0.1) is 25.2 Å². The van der Waals surface area contributed by atoms with E-state index in [-0.39, 0.29) is 0 Å². The van der Waals surface area contributed by atoms with Gasteiger partial charge >= 0.3 is 0 Å². The Labute approximate surface area is 139 Å². The van der Waals surface area contributed by atoms with Gasteiger partial charge in [-0.25, -0.2) is 4.98 Å². The first-order chi connectivity index (χ1) is 11.7. The second-order valence-electron chi connectivity index (χ2n) is 5.98. The van der Waals surface area contributed by atoms with Crippen LogP contribution in [0.5, 0.6) is 5.88 Å². The van der Waals surface area contributed by atoms with Gasteiger partial charge in [0.15, 0.2) is 11.5 Å². The van der Waals surface area contributed by atoms with Crippen LogP contribution in [0.2, 0.25) is 0 Å². The standard InChI is InChI=1S/C16H19N7O/c1-11-9-18-14(10-17-11)22-7-5-12(6-8-22)16-20-19-13-3-4-15(24-2)21-23(13)16/h3-4,9-10,12H,5-8H2,1-2H3. The van der Waals surface area contributed by atoms with Crippen LogP contribution in [0.25, 0.3) is 5.65 Å². The number of anilines is 1. The molecule has 0 unspecified atom stereocenters. The number of piperidine rings is 1. The molecule has 0 radical (unpaired) electrons. The summed E-state index contributed by atoms with van der Waals surface area (Å²) in [6.45, 7) is 3.78. The Hall–Kier alpha value is -2.77. The lowest BCUT2D eigenvalue weighted by atomic mass is 9.96. The molecule has 1 saturated heterocycles. The summed E-state index contributed by atoms with van der Waals surface area (Å²) in [4.78, 5) is 11.1. The Balaban J connectivity index is 1.52. The predicted molar refractivity (Wildman–Crippen MR) is 88.3 cm³/mol. The van der Waals surface area contributed by atoms with Gasteiger partial charge in [-0.15, -0.1) is 15.3 Å². The number of methoxy groups -OCH3 is 1. The summed E-state index contributed by atoms with van der Waals surface area (Å²) in [5, 5.41) is 13.0. The summed E-state index contributed by atoms with van der Waals surface area (Å²) in [6, 6.07) is 3.67. The molecule has 3 aromatic rings. The first-order valence-electron chi connectivity index (χ1n) is 8.04. The van der Waals surface area contributed by atoms with Crippen molar-refractivity contribution in [1.29, 1.82) is 0 Å². The fourth-order valence-electron chi connectivity index (χ4n) is 3.07. The van der Waals surface area contributed by atoms with E-state index in [4.69, 9.17) is 4.74 Å². The third-order valence-corrected chi connectivity index (χ3v) is 4.42. The Kier molecular flexibility index (Phi) is 3.72.